The lowest BCUT2D eigenvalue weighted by atomic mass is 10.0. The number of rotatable bonds is 6. The highest BCUT2D eigenvalue weighted by molar-refractivity contribution is 7.89. The van der Waals surface area contributed by atoms with Gasteiger partial charge in [-0.25, -0.2) is 27.2 Å². The van der Waals surface area contributed by atoms with E-state index in [1.165, 1.54) is 6.92 Å². The van der Waals surface area contributed by atoms with E-state index in [0.717, 1.165) is 30.3 Å². The molecule has 1 aromatic carbocycles. The molecule has 0 saturated carbocycles. The first-order chi connectivity index (χ1) is 19.0. The molecule has 0 bridgehead atoms. The minimum Gasteiger partial charge on any atom is -0.349 e. The summed E-state index contributed by atoms with van der Waals surface area (Å²) in [6.45, 7) is 0.701. The number of benzene rings is 1. The highest BCUT2D eigenvalue weighted by atomic mass is 32.2. The molecule has 1 aliphatic heterocycles. The first-order valence-electron chi connectivity index (χ1n) is 11.7. The molecule has 3 aromatic rings. The van der Waals surface area contributed by atoms with Crippen molar-refractivity contribution in [3.8, 4) is 11.1 Å². The summed E-state index contributed by atoms with van der Waals surface area (Å²) in [6.07, 6.45) is -10.6. The molecular weight excluding hydrogens is 590 g/mol. The van der Waals surface area contributed by atoms with Gasteiger partial charge in [0.1, 0.15) is 18.0 Å². The van der Waals surface area contributed by atoms with Crippen LogP contribution in [0.2, 0.25) is 0 Å². The fourth-order valence-electron chi connectivity index (χ4n) is 4.26. The second-order valence-corrected chi connectivity index (χ2v) is 10.9. The Balaban J connectivity index is 1.59. The molecule has 1 N–H and O–H groups in total. The number of carbonyl (C=O) groups excluding carboxylic acids is 1. The van der Waals surface area contributed by atoms with E-state index in [9.17, 15) is 48.3 Å². The number of nitrogens with one attached hydrogen (secondary N) is 1. The topological polar surface area (TPSA) is 105 Å². The summed E-state index contributed by atoms with van der Waals surface area (Å²) in [5.41, 5.74) is -2.53. The second kappa shape index (κ2) is 10.9. The van der Waals surface area contributed by atoms with E-state index in [0.29, 0.717) is 22.9 Å². The molecule has 2 aromatic heterocycles. The number of hydrogen-bond acceptors (Lipinski definition) is 6. The maximum Gasteiger partial charge on any atom is 0.451 e. The monoisotopic (exact) mass is 609 g/mol. The molecule has 0 unspecified atom stereocenters. The number of alkyl halides is 7. The molecule has 0 radical (unpaired) electrons. The summed E-state index contributed by atoms with van der Waals surface area (Å²) in [7, 11) is -4.46. The standard InChI is InChI=1S/C24H19F8N5O3S/c1-12-19(26)7-20(37(12)41(39,40)16-4-2-14(25)3-5-16)21(38)34-10-15-6-17(18(11-33-15)23(27,28)29)13-8-35-22(36-9-13)24(30,31)32/h2-6,8-9,11-12,19-20H,7,10H2,1H3,(H,34,38)/t12-,19+,20-/m0/s1. The Morgan fingerprint density at radius 2 is 1.61 bits per heavy atom. The number of pyridine rings is 1. The average molecular weight is 609 g/mol. The predicted octanol–water partition coefficient (Wildman–Crippen LogP) is 4.52. The normalized spacial score (nSPS) is 20.3. The Hall–Kier alpha value is -3.73. The number of carbonyl (C=O) groups is 1. The van der Waals surface area contributed by atoms with Crippen molar-refractivity contribution in [3.05, 3.63) is 71.8 Å². The molecule has 1 saturated heterocycles. The van der Waals surface area contributed by atoms with Gasteiger partial charge in [0.25, 0.3) is 0 Å². The molecule has 3 heterocycles. The average Bonchev–Trinajstić information content (AvgIpc) is 3.21. The van der Waals surface area contributed by atoms with Gasteiger partial charge >= 0.3 is 12.4 Å². The minimum atomic E-state index is -4.96. The van der Waals surface area contributed by atoms with Gasteiger partial charge in [0.05, 0.1) is 28.7 Å². The molecule has 3 atom stereocenters. The third kappa shape index (κ3) is 6.29. The second-order valence-electron chi connectivity index (χ2n) is 9.03. The fourth-order valence-corrected chi connectivity index (χ4v) is 6.07. The number of hydrogen-bond donors (Lipinski definition) is 1. The summed E-state index contributed by atoms with van der Waals surface area (Å²) >= 11 is 0. The van der Waals surface area contributed by atoms with Gasteiger partial charge in [-0.3, -0.25) is 9.78 Å². The summed E-state index contributed by atoms with van der Waals surface area (Å²) in [4.78, 5) is 22.4. The van der Waals surface area contributed by atoms with Crippen LogP contribution >= 0.6 is 0 Å². The van der Waals surface area contributed by atoms with E-state index >= 15 is 0 Å². The Labute approximate surface area is 227 Å². The number of halogens is 8. The maximum atomic E-state index is 14.6. The van der Waals surface area contributed by atoms with E-state index in [2.05, 4.69) is 20.3 Å². The van der Waals surface area contributed by atoms with Crippen LogP contribution in [-0.2, 0) is 33.7 Å². The Kier molecular flexibility index (Phi) is 8.05. The van der Waals surface area contributed by atoms with Crippen molar-refractivity contribution < 1.29 is 48.3 Å². The zero-order valence-electron chi connectivity index (χ0n) is 20.7. The summed E-state index contributed by atoms with van der Waals surface area (Å²) in [5, 5.41) is 2.32. The van der Waals surface area contributed by atoms with E-state index in [1.807, 2.05) is 0 Å². The van der Waals surface area contributed by atoms with Gasteiger partial charge in [-0.15, -0.1) is 0 Å². The lowest BCUT2D eigenvalue weighted by Crippen LogP contribution is -2.48. The van der Waals surface area contributed by atoms with Crippen LogP contribution in [0.1, 0.15) is 30.4 Å². The van der Waals surface area contributed by atoms with Crippen molar-refractivity contribution in [1.82, 2.24) is 24.6 Å². The third-order valence-electron chi connectivity index (χ3n) is 6.30. The van der Waals surface area contributed by atoms with Crippen LogP contribution in [0.4, 0.5) is 35.1 Å². The first kappa shape index (κ1) is 30.2. The maximum absolute atomic E-state index is 14.6. The minimum absolute atomic E-state index is 0.183. The molecule has 0 spiro atoms. The summed E-state index contributed by atoms with van der Waals surface area (Å²) in [6, 6.07) is 1.71. The van der Waals surface area contributed by atoms with Gasteiger partial charge in [-0.1, -0.05) is 0 Å². The van der Waals surface area contributed by atoms with Crippen LogP contribution in [0.5, 0.6) is 0 Å². The molecule has 1 fully saturated rings. The molecule has 0 aliphatic carbocycles. The predicted molar refractivity (Wildman–Crippen MR) is 125 cm³/mol. The first-order valence-corrected chi connectivity index (χ1v) is 13.1. The van der Waals surface area contributed by atoms with Gasteiger partial charge in [0.2, 0.25) is 21.8 Å². The smallest absolute Gasteiger partial charge is 0.349 e. The molecule has 41 heavy (non-hydrogen) atoms. The van der Waals surface area contributed by atoms with Crippen molar-refractivity contribution in [2.75, 3.05) is 0 Å². The van der Waals surface area contributed by atoms with Gasteiger partial charge in [-0.05, 0) is 37.3 Å². The Morgan fingerprint density at radius 3 is 2.17 bits per heavy atom. The van der Waals surface area contributed by atoms with Crippen LogP contribution < -0.4 is 5.32 Å². The lowest BCUT2D eigenvalue weighted by molar-refractivity contribution is -0.145. The summed E-state index contributed by atoms with van der Waals surface area (Å²) < 4.78 is 134. The Bertz CT molecular complexity index is 1530. The third-order valence-corrected chi connectivity index (χ3v) is 8.31. The van der Waals surface area contributed by atoms with Crippen LogP contribution in [0.3, 0.4) is 0 Å². The van der Waals surface area contributed by atoms with E-state index < -0.39 is 87.8 Å². The molecule has 8 nitrogen and oxygen atoms in total. The van der Waals surface area contributed by atoms with Crippen molar-refractivity contribution >= 4 is 15.9 Å². The van der Waals surface area contributed by atoms with Crippen molar-refractivity contribution in [1.29, 1.82) is 0 Å². The van der Waals surface area contributed by atoms with Crippen LogP contribution in [-0.4, -0.2) is 51.8 Å². The number of nitrogens with zero attached hydrogens (tertiary/aromatic N) is 4. The fraction of sp³-hybridized carbons (Fsp3) is 0.333. The van der Waals surface area contributed by atoms with E-state index in [-0.39, 0.29) is 10.6 Å². The largest absolute Gasteiger partial charge is 0.451 e. The molecule has 1 aliphatic rings. The molecular formula is C24H19F8N5O3S. The molecule has 17 heteroatoms. The Morgan fingerprint density at radius 1 is 1.00 bits per heavy atom. The lowest BCUT2D eigenvalue weighted by Gasteiger charge is -2.26. The SMILES string of the molecule is C[C@H]1[C@H](F)C[C@@H](C(=O)NCc2cc(-c3cnc(C(F)(F)F)nc3)c(C(F)(F)F)cn2)N1S(=O)(=O)c1ccc(F)cc1. The molecule has 1 amide bonds. The van der Waals surface area contributed by atoms with Crippen molar-refractivity contribution in [2.45, 2.75) is 55.4 Å². The van der Waals surface area contributed by atoms with E-state index in [4.69, 9.17) is 0 Å². The van der Waals surface area contributed by atoms with Gasteiger partial charge < -0.3 is 5.32 Å². The zero-order chi connectivity index (χ0) is 30.3. The van der Waals surface area contributed by atoms with Crippen LogP contribution in [0.25, 0.3) is 11.1 Å². The highest BCUT2D eigenvalue weighted by Crippen LogP contribution is 2.37. The zero-order valence-corrected chi connectivity index (χ0v) is 21.5. The number of amides is 1. The number of aromatic nitrogens is 3. The summed E-state index contributed by atoms with van der Waals surface area (Å²) in [5.74, 6) is -3.26. The quantitative estimate of drug-likeness (QED) is 0.413. The van der Waals surface area contributed by atoms with Crippen LogP contribution in [0.15, 0.2) is 53.8 Å². The molecule has 4 rings (SSSR count). The van der Waals surface area contributed by atoms with Crippen LogP contribution in [0, 0.1) is 5.82 Å². The van der Waals surface area contributed by atoms with Gasteiger partial charge in [-0.2, -0.15) is 30.6 Å². The molecule has 220 valence electrons. The van der Waals surface area contributed by atoms with E-state index in [1.54, 1.807) is 0 Å². The van der Waals surface area contributed by atoms with Gasteiger partial charge in [0.15, 0.2) is 0 Å². The van der Waals surface area contributed by atoms with Crippen molar-refractivity contribution in [2.24, 2.45) is 0 Å². The van der Waals surface area contributed by atoms with Gasteiger partial charge in [0, 0.05) is 36.1 Å². The van der Waals surface area contributed by atoms with Crippen molar-refractivity contribution in [3.63, 3.8) is 0 Å². The highest BCUT2D eigenvalue weighted by Gasteiger charge is 2.49. The number of sulfonamides is 1.